The molecule has 1 fully saturated rings. The minimum absolute atomic E-state index is 0.318. The van der Waals surface area contributed by atoms with Gasteiger partial charge in [0.1, 0.15) is 0 Å². The Hall–Kier alpha value is -1.05. The average molecular weight is 357 g/mol. The van der Waals surface area contributed by atoms with Crippen LogP contribution in [0.25, 0.3) is 11.1 Å². The molecule has 1 heterocycles. The summed E-state index contributed by atoms with van der Waals surface area (Å²) in [6, 6.07) is 22.0. The van der Waals surface area contributed by atoms with Gasteiger partial charge in [0.05, 0.1) is 0 Å². The van der Waals surface area contributed by atoms with E-state index >= 15 is 0 Å². The SMILES string of the molecule is CCC[SiH]1CCC(CCc2ccc(-c3ccc(Cl)cc3)cc2)CC1. The molecule has 0 aromatic heterocycles. The topological polar surface area (TPSA) is 0 Å². The maximum absolute atomic E-state index is 5.97. The second-order valence-corrected chi connectivity index (χ2v) is 11.3. The smallest absolute Gasteiger partial charge is 0.0406 e. The molecule has 1 aliphatic rings. The Kier molecular flexibility index (Phi) is 6.56. The minimum Gasteiger partial charge on any atom is -0.0843 e. The van der Waals surface area contributed by atoms with Gasteiger partial charge in [-0.3, -0.25) is 0 Å². The third kappa shape index (κ3) is 4.97. The van der Waals surface area contributed by atoms with Crippen molar-refractivity contribution in [2.75, 3.05) is 0 Å². The van der Waals surface area contributed by atoms with Crippen molar-refractivity contribution in [1.82, 2.24) is 0 Å². The molecule has 0 saturated carbocycles. The van der Waals surface area contributed by atoms with Gasteiger partial charge in [0.15, 0.2) is 0 Å². The van der Waals surface area contributed by atoms with E-state index in [1.165, 1.54) is 48.8 Å². The van der Waals surface area contributed by atoms with Crippen LogP contribution in [-0.4, -0.2) is 8.80 Å². The van der Waals surface area contributed by atoms with Crippen molar-refractivity contribution in [1.29, 1.82) is 0 Å². The molecule has 1 saturated heterocycles. The Morgan fingerprint density at radius 3 is 2.08 bits per heavy atom. The highest BCUT2D eigenvalue weighted by Crippen LogP contribution is 2.31. The van der Waals surface area contributed by atoms with Crippen molar-refractivity contribution in [3.8, 4) is 11.1 Å². The van der Waals surface area contributed by atoms with Gasteiger partial charge in [-0.1, -0.05) is 92.3 Å². The van der Waals surface area contributed by atoms with Crippen LogP contribution in [0.4, 0.5) is 0 Å². The maximum atomic E-state index is 5.97. The first kappa shape index (κ1) is 17.8. The van der Waals surface area contributed by atoms with Gasteiger partial charge in [-0.15, -0.1) is 0 Å². The number of rotatable bonds is 6. The van der Waals surface area contributed by atoms with Gasteiger partial charge >= 0.3 is 0 Å². The Balaban J connectivity index is 1.49. The molecule has 0 atom stereocenters. The normalized spacial score (nSPS) is 20.9. The average Bonchev–Trinajstić information content (AvgIpc) is 2.63. The molecule has 0 spiro atoms. The summed E-state index contributed by atoms with van der Waals surface area (Å²) in [5, 5.41) is 0.798. The lowest BCUT2D eigenvalue weighted by Gasteiger charge is -2.27. The van der Waals surface area contributed by atoms with Crippen LogP contribution in [0.15, 0.2) is 48.5 Å². The third-order valence-electron chi connectivity index (χ3n) is 5.64. The third-order valence-corrected chi connectivity index (χ3v) is 9.58. The molecule has 0 aliphatic carbocycles. The molecule has 0 N–H and O–H groups in total. The number of hydrogen-bond acceptors (Lipinski definition) is 0. The molecule has 0 nitrogen and oxygen atoms in total. The van der Waals surface area contributed by atoms with Gasteiger partial charge in [-0.25, -0.2) is 0 Å². The zero-order valence-electron chi connectivity index (χ0n) is 14.8. The molecule has 1 aliphatic heterocycles. The molecule has 2 aromatic carbocycles. The molecule has 2 aromatic rings. The Labute approximate surface area is 153 Å². The Morgan fingerprint density at radius 1 is 0.917 bits per heavy atom. The summed E-state index contributed by atoms with van der Waals surface area (Å²) >= 11 is 5.97. The van der Waals surface area contributed by atoms with Gasteiger partial charge in [-0.05, 0) is 47.6 Å². The van der Waals surface area contributed by atoms with Gasteiger partial charge in [0, 0.05) is 13.8 Å². The lowest BCUT2D eigenvalue weighted by molar-refractivity contribution is 0.437. The van der Waals surface area contributed by atoms with Crippen molar-refractivity contribution in [3.63, 3.8) is 0 Å². The predicted molar refractivity (Wildman–Crippen MR) is 110 cm³/mol. The number of benzene rings is 2. The van der Waals surface area contributed by atoms with E-state index in [-0.39, 0.29) is 8.80 Å². The highest BCUT2D eigenvalue weighted by molar-refractivity contribution is 6.58. The second-order valence-electron chi connectivity index (χ2n) is 7.42. The second kappa shape index (κ2) is 8.87. The van der Waals surface area contributed by atoms with E-state index in [2.05, 4.69) is 43.3 Å². The first-order valence-corrected chi connectivity index (χ1v) is 12.4. The van der Waals surface area contributed by atoms with Crippen LogP contribution in [0.3, 0.4) is 0 Å². The van der Waals surface area contributed by atoms with Crippen LogP contribution >= 0.6 is 11.6 Å². The highest BCUT2D eigenvalue weighted by Gasteiger charge is 2.21. The van der Waals surface area contributed by atoms with Crippen LogP contribution in [0.1, 0.15) is 38.2 Å². The highest BCUT2D eigenvalue weighted by atomic mass is 35.5. The molecule has 2 heteroatoms. The molecule has 128 valence electrons. The monoisotopic (exact) mass is 356 g/mol. The zero-order chi connectivity index (χ0) is 16.8. The number of hydrogen-bond donors (Lipinski definition) is 0. The van der Waals surface area contributed by atoms with Crippen LogP contribution < -0.4 is 0 Å². The fourth-order valence-electron chi connectivity index (χ4n) is 4.09. The van der Waals surface area contributed by atoms with E-state index in [0.29, 0.717) is 0 Å². The van der Waals surface area contributed by atoms with E-state index < -0.39 is 0 Å². The zero-order valence-corrected chi connectivity index (χ0v) is 16.7. The van der Waals surface area contributed by atoms with E-state index in [1.807, 2.05) is 12.1 Å². The lowest BCUT2D eigenvalue weighted by Crippen LogP contribution is -2.21. The molecular formula is C22H29ClSi. The predicted octanol–water partition coefficient (Wildman–Crippen LogP) is 6.99. The van der Waals surface area contributed by atoms with E-state index in [4.69, 9.17) is 11.6 Å². The molecule has 0 bridgehead atoms. The van der Waals surface area contributed by atoms with Crippen LogP contribution in [0, 0.1) is 5.92 Å². The first-order chi connectivity index (χ1) is 11.7. The standard InChI is InChI=1S/C22H29ClSi/c1-2-15-24-16-13-19(14-17-24)4-3-18-5-7-20(8-6-18)21-9-11-22(23)12-10-21/h5-12,19,24H,2-4,13-17H2,1H3. The summed E-state index contributed by atoms with van der Waals surface area (Å²) in [5.41, 5.74) is 4.01. The summed E-state index contributed by atoms with van der Waals surface area (Å²) in [6.45, 7) is 2.35. The number of aryl methyl sites for hydroxylation is 1. The number of halogens is 1. The fourth-order valence-corrected chi connectivity index (χ4v) is 7.79. The first-order valence-electron chi connectivity index (χ1n) is 9.59. The summed E-state index contributed by atoms with van der Waals surface area (Å²) in [7, 11) is -0.318. The quantitative estimate of drug-likeness (QED) is 0.489. The summed E-state index contributed by atoms with van der Waals surface area (Å²) < 4.78 is 0. The van der Waals surface area contributed by atoms with Gasteiger partial charge < -0.3 is 0 Å². The van der Waals surface area contributed by atoms with Gasteiger partial charge in [0.2, 0.25) is 0 Å². The molecular weight excluding hydrogens is 328 g/mol. The van der Waals surface area contributed by atoms with E-state index in [0.717, 1.165) is 10.9 Å². The summed E-state index contributed by atoms with van der Waals surface area (Å²) in [4.78, 5) is 0. The fraction of sp³-hybridized carbons (Fsp3) is 0.455. The molecule has 24 heavy (non-hydrogen) atoms. The van der Waals surface area contributed by atoms with Crippen molar-refractivity contribution in [2.24, 2.45) is 5.92 Å². The van der Waals surface area contributed by atoms with Crippen molar-refractivity contribution in [2.45, 2.75) is 57.2 Å². The van der Waals surface area contributed by atoms with E-state index in [9.17, 15) is 0 Å². The van der Waals surface area contributed by atoms with E-state index in [1.54, 1.807) is 18.1 Å². The van der Waals surface area contributed by atoms with Crippen LogP contribution in [0.2, 0.25) is 23.2 Å². The van der Waals surface area contributed by atoms with Gasteiger partial charge in [0.25, 0.3) is 0 Å². The van der Waals surface area contributed by atoms with Crippen LogP contribution in [-0.2, 0) is 6.42 Å². The van der Waals surface area contributed by atoms with Gasteiger partial charge in [-0.2, -0.15) is 0 Å². The largest absolute Gasteiger partial charge is 0.0843 e. The lowest BCUT2D eigenvalue weighted by atomic mass is 9.93. The van der Waals surface area contributed by atoms with Crippen molar-refractivity contribution in [3.05, 3.63) is 59.1 Å². The maximum Gasteiger partial charge on any atom is 0.0406 e. The van der Waals surface area contributed by atoms with Crippen molar-refractivity contribution >= 4 is 20.4 Å². The summed E-state index contributed by atoms with van der Waals surface area (Å²) in [5.74, 6) is 0.988. The minimum atomic E-state index is -0.318. The molecule has 0 amide bonds. The Bertz CT molecular complexity index is 609. The summed E-state index contributed by atoms with van der Waals surface area (Å²) in [6.07, 6.45) is 7.07. The van der Waals surface area contributed by atoms with Crippen LogP contribution in [0.5, 0.6) is 0 Å². The molecule has 0 radical (unpaired) electrons. The Morgan fingerprint density at radius 2 is 1.50 bits per heavy atom. The molecule has 0 unspecified atom stereocenters. The van der Waals surface area contributed by atoms with Crippen molar-refractivity contribution < 1.29 is 0 Å². The molecule has 3 rings (SSSR count).